The van der Waals surface area contributed by atoms with Crippen LogP contribution in [0.25, 0.3) is 0 Å². The van der Waals surface area contributed by atoms with Gasteiger partial charge >= 0.3 is 0 Å². The number of hydrogen-bond donors (Lipinski definition) is 1. The minimum Gasteiger partial charge on any atom is -0.497 e. The number of ether oxygens (including phenoxy) is 1. The van der Waals surface area contributed by atoms with Gasteiger partial charge < -0.3 is 10.1 Å². The predicted octanol–water partition coefficient (Wildman–Crippen LogP) is 2.17. The maximum atomic E-state index is 5.27. The summed E-state index contributed by atoms with van der Waals surface area (Å²) in [7, 11) is 1.72. The highest BCUT2D eigenvalue weighted by Gasteiger charge is 2.18. The third-order valence-electron chi connectivity index (χ3n) is 3.30. The van der Waals surface area contributed by atoms with E-state index in [2.05, 4.69) is 35.4 Å². The van der Waals surface area contributed by atoms with Crippen molar-refractivity contribution >= 4 is 0 Å². The lowest BCUT2D eigenvalue weighted by Gasteiger charge is -2.25. The van der Waals surface area contributed by atoms with Gasteiger partial charge in [-0.3, -0.25) is 0 Å². The van der Waals surface area contributed by atoms with Crippen molar-refractivity contribution in [3.05, 3.63) is 29.3 Å². The zero-order chi connectivity index (χ0) is 12.1. The quantitative estimate of drug-likeness (QED) is 0.802. The number of rotatable bonds is 3. The van der Waals surface area contributed by atoms with Crippen molar-refractivity contribution in [1.29, 1.82) is 0 Å². The molecule has 90 valence electrons. The fourth-order valence-electron chi connectivity index (χ4n) is 2.32. The van der Waals surface area contributed by atoms with Gasteiger partial charge in [0.25, 0.3) is 0 Å². The number of fused-ring (bicyclic) bond motifs is 1. The molecule has 1 aliphatic rings. The Kier molecular flexibility index (Phi) is 4.06. The fourth-order valence-corrected chi connectivity index (χ4v) is 2.32. The first-order valence-corrected chi connectivity index (χ1v) is 6.12. The minimum absolute atomic E-state index is 0.551. The molecule has 0 saturated carbocycles. The van der Waals surface area contributed by atoms with Gasteiger partial charge in [-0.15, -0.1) is 5.92 Å². The van der Waals surface area contributed by atoms with Crippen LogP contribution in [0.2, 0.25) is 0 Å². The highest BCUT2D eigenvalue weighted by molar-refractivity contribution is 5.37. The topological polar surface area (TPSA) is 21.3 Å². The summed E-state index contributed by atoms with van der Waals surface area (Å²) < 4.78 is 5.27. The molecular formula is C15H19NO. The van der Waals surface area contributed by atoms with Gasteiger partial charge in [0.15, 0.2) is 0 Å². The van der Waals surface area contributed by atoms with Crippen LogP contribution in [0.1, 0.15) is 24.5 Å². The van der Waals surface area contributed by atoms with Crippen molar-refractivity contribution in [3.8, 4) is 17.6 Å². The maximum absolute atomic E-state index is 5.27. The lowest BCUT2D eigenvalue weighted by atomic mass is 9.88. The summed E-state index contributed by atoms with van der Waals surface area (Å²) in [4.78, 5) is 0. The Morgan fingerprint density at radius 2 is 2.29 bits per heavy atom. The number of benzene rings is 1. The molecule has 0 fully saturated rings. The van der Waals surface area contributed by atoms with Crippen LogP contribution in [0.5, 0.6) is 5.75 Å². The van der Waals surface area contributed by atoms with E-state index in [0.29, 0.717) is 6.04 Å². The molecule has 0 spiro atoms. The molecule has 1 aromatic carbocycles. The molecule has 0 bridgehead atoms. The standard InChI is InChI=1S/C15H19NO/c1-3-4-9-16-14-7-5-12-6-8-15(17-2)11-13(12)10-14/h6,8,11,14,16H,5,7,9-10H2,1-2H3. The highest BCUT2D eigenvalue weighted by atomic mass is 16.5. The molecule has 0 radical (unpaired) electrons. The Hall–Kier alpha value is -1.46. The molecule has 1 unspecified atom stereocenters. The molecule has 1 aliphatic carbocycles. The number of methoxy groups -OCH3 is 1. The fraction of sp³-hybridized carbons (Fsp3) is 0.467. The van der Waals surface area contributed by atoms with E-state index in [9.17, 15) is 0 Å². The predicted molar refractivity (Wildman–Crippen MR) is 70.3 cm³/mol. The lowest BCUT2D eigenvalue weighted by Crippen LogP contribution is -2.34. The average Bonchev–Trinajstić information content (AvgIpc) is 2.38. The second kappa shape index (κ2) is 5.75. The summed E-state index contributed by atoms with van der Waals surface area (Å²) in [6.45, 7) is 2.67. The number of aryl methyl sites for hydroxylation is 1. The Morgan fingerprint density at radius 3 is 3.06 bits per heavy atom. The van der Waals surface area contributed by atoms with E-state index in [1.807, 2.05) is 6.92 Å². The second-order valence-corrected chi connectivity index (χ2v) is 4.38. The van der Waals surface area contributed by atoms with Gasteiger partial charge in [-0.2, -0.15) is 0 Å². The van der Waals surface area contributed by atoms with Gasteiger partial charge in [-0.05, 0) is 49.4 Å². The first-order valence-electron chi connectivity index (χ1n) is 6.12. The van der Waals surface area contributed by atoms with Crippen molar-refractivity contribution < 1.29 is 4.74 Å². The van der Waals surface area contributed by atoms with E-state index in [0.717, 1.165) is 25.1 Å². The molecule has 2 heteroatoms. The molecule has 17 heavy (non-hydrogen) atoms. The second-order valence-electron chi connectivity index (χ2n) is 4.38. The van der Waals surface area contributed by atoms with Crippen molar-refractivity contribution in [3.63, 3.8) is 0 Å². The molecule has 0 aromatic heterocycles. The van der Waals surface area contributed by atoms with E-state index >= 15 is 0 Å². The van der Waals surface area contributed by atoms with E-state index in [1.54, 1.807) is 7.11 Å². The molecule has 0 aliphatic heterocycles. The first-order chi connectivity index (χ1) is 8.33. The third-order valence-corrected chi connectivity index (χ3v) is 3.30. The van der Waals surface area contributed by atoms with Crippen LogP contribution < -0.4 is 10.1 Å². The van der Waals surface area contributed by atoms with E-state index in [4.69, 9.17) is 4.74 Å². The van der Waals surface area contributed by atoms with Crippen molar-refractivity contribution in [1.82, 2.24) is 5.32 Å². The monoisotopic (exact) mass is 229 g/mol. The number of hydrogen-bond acceptors (Lipinski definition) is 2. The summed E-state index contributed by atoms with van der Waals surface area (Å²) >= 11 is 0. The average molecular weight is 229 g/mol. The summed E-state index contributed by atoms with van der Waals surface area (Å²) in [6.07, 6.45) is 3.43. The Labute approximate surface area is 103 Å². The minimum atomic E-state index is 0.551. The van der Waals surface area contributed by atoms with E-state index < -0.39 is 0 Å². The summed E-state index contributed by atoms with van der Waals surface area (Å²) in [5, 5.41) is 3.49. The Bertz CT molecular complexity index is 442. The van der Waals surface area contributed by atoms with Gasteiger partial charge in [0.1, 0.15) is 5.75 Å². The molecule has 0 heterocycles. The van der Waals surface area contributed by atoms with Crippen LogP contribution in [0.3, 0.4) is 0 Å². The van der Waals surface area contributed by atoms with Crippen LogP contribution in [-0.2, 0) is 12.8 Å². The SMILES string of the molecule is CC#CCNC1CCc2ccc(OC)cc2C1. The molecule has 2 rings (SSSR count). The summed E-state index contributed by atoms with van der Waals surface area (Å²) in [6, 6.07) is 6.95. The van der Waals surface area contributed by atoms with Crippen LogP contribution in [0, 0.1) is 11.8 Å². The largest absolute Gasteiger partial charge is 0.497 e. The molecule has 1 aromatic rings. The van der Waals surface area contributed by atoms with Crippen LogP contribution in [0.15, 0.2) is 18.2 Å². The van der Waals surface area contributed by atoms with E-state index in [1.165, 1.54) is 17.5 Å². The van der Waals surface area contributed by atoms with Gasteiger partial charge in [-0.1, -0.05) is 12.0 Å². The Morgan fingerprint density at radius 1 is 1.41 bits per heavy atom. The van der Waals surface area contributed by atoms with Crippen LogP contribution >= 0.6 is 0 Å². The summed E-state index contributed by atoms with van der Waals surface area (Å²) in [5.74, 6) is 6.92. The van der Waals surface area contributed by atoms with Gasteiger partial charge in [0, 0.05) is 6.04 Å². The highest BCUT2D eigenvalue weighted by Crippen LogP contribution is 2.25. The molecule has 1 atom stereocenters. The van der Waals surface area contributed by atoms with Gasteiger partial charge in [0.2, 0.25) is 0 Å². The van der Waals surface area contributed by atoms with Crippen LogP contribution in [0.4, 0.5) is 0 Å². The van der Waals surface area contributed by atoms with Crippen molar-refractivity contribution in [2.45, 2.75) is 32.2 Å². The lowest BCUT2D eigenvalue weighted by molar-refractivity contribution is 0.412. The molecular weight excluding hydrogens is 210 g/mol. The zero-order valence-corrected chi connectivity index (χ0v) is 10.5. The Balaban J connectivity index is 2.03. The van der Waals surface area contributed by atoms with Crippen molar-refractivity contribution in [2.24, 2.45) is 0 Å². The van der Waals surface area contributed by atoms with Crippen LogP contribution in [-0.4, -0.2) is 19.7 Å². The molecule has 0 amide bonds. The van der Waals surface area contributed by atoms with Crippen molar-refractivity contribution in [2.75, 3.05) is 13.7 Å². The summed E-state index contributed by atoms with van der Waals surface area (Å²) in [5.41, 5.74) is 2.88. The number of nitrogens with one attached hydrogen (secondary N) is 1. The maximum Gasteiger partial charge on any atom is 0.119 e. The third kappa shape index (κ3) is 3.01. The normalized spacial score (nSPS) is 17.9. The van der Waals surface area contributed by atoms with E-state index in [-0.39, 0.29) is 0 Å². The first kappa shape index (κ1) is 12.0. The molecule has 1 N–H and O–H groups in total. The zero-order valence-electron chi connectivity index (χ0n) is 10.5. The van der Waals surface area contributed by atoms with Gasteiger partial charge in [-0.25, -0.2) is 0 Å². The van der Waals surface area contributed by atoms with Gasteiger partial charge in [0.05, 0.1) is 13.7 Å². The smallest absolute Gasteiger partial charge is 0.119 e. The molecule has 0 saturated heterocycles. The molecule has 2 nitrogen and oxygen atoms in total.